The molecule has 2 rings (SSSR count). The van der Waals surface area contributed by atoms with Crippen LogP contribution in [-0.4, -0.2) is 40.8 Å². The van der Waals surface area contributed by atoms with Crippen LogP contribution in [0.1, 0.15) is 30.1 Å². The summed E-state index contributed by atoms with van der Waals surface area (Å²) in [7, 11) is 0. The zero-order valence-electron chi connectivity index (χ0n) is 11.0. The molecule has 1 aliphatic rings. The van der Waals surface area contributed by atoms with Gasteiger partial charge in [-0.15, -0.1) is 0 Å². The maximum absolute atomic E-state index is 13.1. The van der Waals surface area contributed by atoms with Gasteiger partial charge in [0.1, 0.15) is 11.0 Å². The van der Waals surface area contributed by atoms with E-state index in [0.717, 1.165) is 12.3 Å². The molecule has 1 aromatic rings. The van der Waals surface area contributed by atoms with E-state index < -0.39 is 11.7 Å². The Labute approximate surface area is 121 Å². The van der Waals surface area contributed by atoms with Gasteiger partial charge < -0.3 is 10.2 Å². The maximum atomic E-state index is 13.1. The van der Waals surface area contributed by atoms with Crippen molar-refractivity contribution in [2.75, 3.05) is 13.1 Å². The molecule has 0 spiro atoms. The van der Waals surface area contributed by atoms with Gasteiger partial charge in [-0.2, -0.15) is 0 Å². The third-order valence-electron chi connectivity index (χ3n) is 3.33. The van der Waals surface area contributed by atoms with Crippen LogP contribution in [0.3, 0.4) is 0 Å². The molecule has 1 N–H and O–H groups in total. The topological polar surface area (TPSA) is 62.3 Å². The van der Waals surface area contributed by atoms with Gasteiger partial charge in [-0.3, -0.25) is 9.59 Å². The normalized spacial score (nSPS) is 16.1. The molecule has 0 aromatic carbocycles. The fraction of sp³-hybridized carbons (Fsp3) is 0.462. The zero-order chi connectivity index (χ0) is 14.7. The smallest absolute Gasteiger partial charge is 0.254 e. The molecule has 7 heteroatoms. The number of nitrogens with one attached hydrogen (secondary N) is 1. The summed E-state index contributed by atoms with van der Waals surface area (Å²) in [4.78, 5) is 28.6. The van der Waals surface area contributed by atoms with Crippen LogP contribution in [0.4, 0.5) is 4.39 Å². The van der Waals surface area contributed by atoms with Crippen LogP contribution in [-0.2, 0) is 4.79 Å². The predicted octanol–water partition coefficient (Wildman–Crippen LogP) is 1.61. The van der Waals surface area contributed by atoms with Crippen molar-refractivity contribution in [3.05, 3.63) is 28.8 Å². The lowest BCUT2D eigenvalue weighted by Crippen LogP contribution is -2.46. The van der Waals surface area contributed by atoms with Crippen molar-refractivity contribution < 1.29 is 14.0 Å². The first kappa shape index (κ1) is 14.7. The Morgan fingerprint density at radius 1 is 1.45 bits per heavy atom. The lowest BCUT2D eigenvalue weighted by molar-refractivity contribution is -0.129. The third kappa shape index (κ3) is 3.45. The predicted molar refractivity (Wildman–Crippen MR) is 71.9 cm³/mol. The third-order valence-corrected chi connectivity index (χ3v) is 3.63. The molecule has 20 heavy (non-hydrogen) atoms. The number of aromatic nitrogens is 1. The summed E-state index contributed by atoms with van der Waals surface area (Å²) >= 11 is 5.78. The fourth-order valence-corrected chi connectivity index (χ4v) is 2.37. The minimum Gasteiger partial charge on any atom is -0.349 e. The highest BCUT2D eigenvalue weighted by Gasteiger charge is 2.23. The molecule has 0 bridgehead atoms. The van der Waals surface area contributed by atoms with Gasteiger partial charge in [0.2, 0.25) is 5.91 Å². The van der Waals surface area contributed by atoms with Crippen LogP contribution in [0.25, 0.3) is 0 Å². The van der Waals surface area contributed by atoms with Gasteiger partial charge in [-0.1, -0.05) is 11.6 Å². The number of carbonyl (C=O) groups excluding carboxylic acids is 2. The van der Waals surface area contributed by atoms with Gasteiger partial charge >= 0.3 is 0 Å². The second kappa shape index (κ2) is 6.17. The number of hydrogen-bond donors (Lipinski definition) is 1. The number of halogens is 2. The van der Waals surface area contributed by atoms with Gasteiger partial charge in [-0.25, -0.2) is 9.37 Å². The van der Waals surface area contributed by atoms with E-state index in [1.807, 2.05) is 0 Å². The Bertz CT molecular complexity index is 530. The van der Waals surface area contributed by atoms with Crippen LogP contribution >= 0.6 is 11.6 Å². The van der Waals surface area contributed by atoms with Gasteiger partial charge in [0, 0.05) is 26.1 Å². The Morgan fingerprint density at radius 2 is 2.10 bits per heavy atom. The van der Waals surface area contributed by atoms with Crippen molar-refractivity contribution in [2.24, 2.45) is 0 Å². The van der Waals surface area contributed by atoms with Crippen molar-refractivity contribution in [1.29, 1.82) is 0 Å². The van der Waals surface area contributed by atoms with Gasteiger partial charge in [0.15, 0.2) is 0 Å². The second-order valence-electron chi connectivity index (χ2n) is 4.75. The van der Waals surface area contributed by atoms with E-state index in [9.17, 15) is 14.0 Å². The molecule has 1 aromatic heterocycles. The summed E-state index contributed by atoms with van der Waals surface area (Å²) in [6.45, 7) is 2.74. The Morgan fingerprint density at radius 3 is 2.70 bits per heavy atom. The van der Waals surface area contributed by atoms with Crippen LogP contribution in [0, 0.1) is 5.82 Å². The molecule has 1 aliphatic heterocycles. The number of rotatable bonds is 2. The van der Waals surface area contributed by atoms with Crippen LogP contribution in [0.2, 0.25) is 5.15 Å². The summed E-state index contributed by atoms with van der Waals surface area (Å²) in [5.74, 6) is -1.01. The second-order valence-corrected chi connectivity index (χ2v) is 5.10. The van der Waals surface area contributed by atoms with Crippen molar-refractivity contribution >= 4 is 23.4 Å². The van der Waals surface area contributed by atoms with E-state index in [0.29, 0.717) is 25.9 Å². The molecule has 1 saturated heterocycles. The average molecular weight is 300 g/mol. The monoisotopic (exact) mass is 299 g/mol. The largest absolute Gasteiger partial charge is 0.349 e. The van der Waals surface area contributed by atoms with Crippen molar-refractivity contribution in [2.45, 2.75) is 25.8 Å². The summed E-state index contributed by atoms with van der Waals surface area (Å²) in [6.07, 6.45) is 2.31. The molecular formula is C13H15ClFN3O2. The van der Waals surface area contributed by atoms with Crippen LogP contribution in [0.5, 0.6) is 0 Å². The van der Waals surface area contributed by atoms with E-state index >= 15 is 0 Å². The summed E-state index contributed by atoms with van der Waals surface area (Å²) in [5, 5.41) is 2.77. The standard InChI is InChI=1S/C13H15ClFN3O2/c1-8(19)18-4-2-10(3-5-18)17-13(20)11-6-9(15)7-16-12(11)14/h6-7,10H,2-5H2,1H3,(H,17,20). The van der Waals surface area contributed by atoms with Crippen LogP contribution in [0.15, 0.2) is 12.3 Å². The van der Waals surface area contributed by atoms with Crippen LogP contribution < -0.4 is 5.32 Å². The van der Waals surface area contributed by atoms with Gasteiger partial charge in [0.25, 0.3) is 5.91 Å². The molecule has 2 heterocycles. The lowest BCUT2D eigenvalue weighted by Gasteiger charge is -2.31. The molecule has 0 aliphatic carbocycles. The van der Waals surface area contributed by atoms with E-state index in [1.165, 1.54) is 6.92 Å². The molecular weight excluding hydrogens is 285 g/mol. The fourth-order valence-electron chi connectivity index (χ4n) is 2.18. The highest BCUT2D eigenvalue weighted by Crippen LogP contribution is 2.16. The quantitative estimate of drug-likeness (QED) is 0.844. The highest BCUT2D eigenvalue weighted by molar-refractivity contribution is 6.32. The van der Waals surface area contributed by atoms with Crippen molar-refractivity contribution in [3.63, 3.8) is 0 Å². The van der Waals surface area contributed by atoms with E-state index in [-0.39, 0.29) is 22.7 Å². The molecule has 1 fully saturated rings. The number of hydrogen-bond acceptors (Lipinski definition) is 3. The van der Waals surface area contributed by atoms with Crippen molar-refractivity contribution in [1.82, 2.24) is 15.2 Å². The molecule has 2 amide bonds. The van der Waals surface area contributed by atoms with E-state index in [4.69, 9.17) is 11.6 Å². The first-order valence-corrected chi connectivity index (χ1v) is 6.72. The number of amides is 2. The van der Waals surface area contributed by atoms with E-state index in [2.05, 4.69) is 10.3 Å². The SMILES string of the molecule is CC(=O)N1CCC(NC(=O)c2cc(F)cnc2Cl)CC1. The number of piperidine rings is 1. The molecule has 0 atom stereocenters. The Balaban J connectivity index is 1.96. The first-order chi connectivity index (χ1) is 9.47. The molecule has 0 radical (unpaired) electrons. The number of pyridine rings is 1. The van der Waals surface area contributed by atoms with Gasteiger partial charge in [0.05, 0.1) is 11.8 Å². The minimum absolute atomic E-state index is 0.0231. The average Bonchev–Trinajstić information content (AvgIpc) is 2.42. The van der Waals surface area contributed by atoms with Crippen molar-refractivity contribution in [3.8, 4) is 0 Å². The molecule has 108 valence electrons. The number of nitrogens with zero attached hydrogens (tertiary/aromatic N) is 2. The molecule has 5 nitrogen and oxygen atoms in total. The summed E-state index contributed by atoms with van der Waals surface area (Å²) < 4.78 is 13.1. The lowest BCUT2D eigenvalue weighted by atomic mass is 10.0. The Hall–Kier alpha value is -1.69. The Kier molecular flexibility index (Phi) is 4.54. The molecule has 0 saturated carbocycles. The first-order valence-electron chi connectivity index (χ1n) is 6.35. The van der Waals surface area contributed by atoms with Gasteiger partial charge in [-0.05, 0) is 18.9 Å². The zero-order valence-corrected chi connectivity index (χ0v) is 11.8. The minimum atomic E-state index is -0.606. The summed E-state index contributed by atoms with van der Waals surface area (Å²) in [5.41, 5.74) is 0.0284. The maximum Gasteiger partial charge on any atom is 0.254 e. The summed E-state index contributed by atoms with van der Waals surface area (Å²) in [6, 6.07) is 1.02. The highest BCUT2D eigenvalue weighted by atomic mass is 35.5. The molecule has 0 unspecified atom stereocenters. The number of carbonyl (C=O) groups is 2. The number of likely N-dealkylation sites (tertiary alicyclic amines) is 1. The van der Waals surface area contributed by atoms with E-state index in [1.54, 1.807) is 4.90 Å².